The van der Waals surface area contributed by atoms with E-state index in [-0.39, 0.29) is 23.6 Å². The molecule has 0 bridgehead atoms. The molecule has 35 heavy (non-hydrogen) atoms. The molecule has 2 amide bonds. The van der Waals surface area contributed by atoms with Gasteiger partial charge in [-0.2, -0.15) is 0 Å². The van der Waals surface area contributed by atoms with Crippen molar-refractivity contribution in [2.75, 3.05) is 20.8 Å². The Kier molecular flexibility index (Phi) is 8.08. The summed E-state index contributed by atoms with van der Waals surface area (Å²) in [5.41, 5.74) is 1.72. The molecule has 7 heteroatoms. The Labute approximate surface area is 206 Å². The van der Waals surface area contributed by atoms with E-state index in [1.807, 2.05) is 48.5 Å². The van der Waals surface area contributed by atoms with Crippen molar-refractivity contribution in [3.05, 3.63) is 83.8 Å². The minimum Gasteiger partial charge on any atom is -0.493 e. The smallest absolute Gasteiger partial charge is 0.290 e. The molecule has 1 N–H and O–H groups in total. The fourth-order valence-corrected chi connectivity index (χ4v) is 4.63. The second-order valence-electron chi connectivity index (χ2n) is 8.72. The summed E-state index contributed by atoms with van der Waals surface area (Å²) >= 11 is 0. The minimum absolute atomic E-state index is 0.139. The zero-order valence-electron chi connectivity index (χ0n) is 20.2. The number of carbonyl (C=O) groups is 2. The molecule has 1 fully saturated rings. The lowest BCUT2D eigenvalue weighted by molar-refractivity contribution is -0.126. The maximum absolute atomic E-state index is 13.6. The van der Waals surface area contributed by atoms with Crippen molar-refractivity contribution in [2.24, 2.45) is 0 Å². The summed E-state index contributed by atoms with van der Waals surface area (Å²) in [4.78, 5) is 28.9. The highest BCUT2D eigenvalue weighted by atomic mass is 16.5. The van der Waals surface area contributed by atoms with E-state index in [4.69, 9.17) is 13.9 Å². The fourth-order valence-electron chi connectivity index (χ4n) is 4.63. The van der Waals surface area contributed by atoms with Crippen molar-refractivity contribution in [2.45, 2.75) is 44.2 Å². The van der Waals surface area contributed by atoms with E-state index in [2.05, 4.69) is 5.32 Å². The van der Waals surface area contributed by atoms with E-state index < -0.39 is 6.04 Å². The third-order valence-corrected chi connectivity index (χ3v) is 6.46. The molecule has 184 valence electrons. The van der Waals surface area contributed by atoms with E-state index >= 15 is 0 Å². The first-order valence-electron chi connectivity index (χ1n) is 12.0. The average molecular weight is 477 g/mol. The van der Waals surface area contributed by atoms with Gasteiger partial charge in [-0.3, -0.25) is 9.59 Å². The number of benzene rings is 2. The number of rotatable bonds is 10. The molecule has 0 saturated heterocycles. The second-order valence-corrected chi connectivity index (χ2v) is 8.72. The standard InChI is InChI=1S/C28H32N2O5/c1-33-23-15-14-20(19-25(23)34-2)16-17-30(28(32)24-13-8-18-35-24)26(21-9-4-3-5-10-21)27(31)29-22-11-6-7-12-22/h3-5,8-10,13-15,18-19,22,26H,6-7,11-12,16-17H2,1-2H3,(H,29,31)/t26-/m1/s1. The number of furan rings is 1. The van der Waals surface area contributed by atoms with Crippen LogP contribution < -0.4 is 14.8 Å². The number of nitrogens with one attached hydrogen (secondary N) is 1. The van der Waals surface area contributed by atoms with Crippen LogP contribution >= 0.6 is 0 Å². The zero-order chi connectivity index (χ0) is 24.6. The Hall–Kier alpha value is -3.74. The van der Waals surface area contributed by atoms with Gasteiger partial charge in [0.15, 0.2) is 17.3 Å². The maximum Gasteiger partial charge on any atom is 0.290 e. The summed E-state index contributed by atoms with van der Waals surface area (Å²) in [7, 11) is 3.18. The number of hydrogen-bond acceptors (Lipinski definition) is 5. The van der Waals surface area contributed by atoms with Crippen LogP contribution in [-0.2, 0) is 11.2 Å². The van der Waals surface area contributed by atoms with Gasteiger partial charge in [-0.1, -0.05) is 49.2 Å². The molecule has 7 nitrogen and oxygen atoms in total. The highest BCUT2D eigenvalue weighted by molar-refractivity contribution is 5.96. The molecule has 4 rings (SSSR count). The minimum atomic E-state index is -0.783. The molecule has 0 aliphatic heterocycles. The molecule has 3 aromatic rings. The van der Waals surface area contributed by atoms with Gasteiger partial charge < -0.3 is 24.1 Å². The van der Waals surface area contributed by atoms with Gasteiger partial charge in [-0.15, -0.1) is 0 Å². The van der Waals surface area contributed by atoms with Crippen molar-refractivity contribution < 1.29 is 23.5 Å². The number of ether oxygens (including phenoxy) is 2. The molecule has 0 unspecified atom stereocenters. The molecule has 1 saturated carbocycles. The first kappa shape index (κ1) is 24.4. The van der Waals surface area contributed by atoms with Crippen molar-refractivity contribution in [1.82, 2.24) is 10.2 Å². The number of methoxy groups -OCH3 is 2. The van der Waals surface area contributed by atoms with Crippen LogP contribution in [0.5, 0.6) is 11.5 Å². The van der Waals surface area contributed by atoms with Gasteiger partial charge in [0.1, 0.15) is 6.04 Å². The van der Waals surface area contributed by atoms with Crippen LogP contribution in [0, 0.1) is 0 Å². The van der Waals surface area contributed by atoms with Gasteiger partial charge in [0.05, 0.1) is 20.5 Å². The lowest BCUT2D eigenvalue weighted by Crippen LogP contribution is -2.46. The van der Waals surface area contributed by atoms with Gasteiger partial charge in [0.2, 0.25) is 5.91 Å². The van der Waals surface area contributed by atoms with E-state index in [0.717, 1.165) is 36.8 Å². The zero-order valence-corrected chi connectivity index (χ0v) is 20.2. The predicted octanol–water partition coefficient (Wildman–Crippen LogP) is 4.78. The topological polar surface area (TPSA) is 81.0 Å². The maximum atomic E-state index is 13.6. The molecular weight excluding hydrogens is 444 g/mol. The van der Waals surface area contributed by atoms with Gasteiger partial charge in [-0.05, 0) is 54.7 Å². The fraction of sp³-hybridized carbons (Fsp3) is 0.357. The van der Waals surface area contributed by atoms with Crippen LogP contribution in [0.3, 0.4) is 0 Å². The number of carbonyl (C=O) groups excluding carboxylic acids is 2. The highest BCUT2D eigenvalue weighted by Gasteiger charge is 2.34. The van der Waals surface area contributed by atoms with E-state index in [0.29, 0.717) is 24.5 Å². The summed E-state index contributed by atoms with van der Waals surface area (Å²) in [6.07, 6.45) is 6.13. The average Bonchev–Trinajstić information content (AvgIpc) is 3.61. The Bertz CT molecular complexity index is 1110. The number of amides is 2. The van der Waals surface area contributed by atoms with E-state index in [9.17, 15) is 9.59 Å². The molecule has 0 spiro atoms. The van der Waals surface area contributed by atoms with E-state index in [1.54, 1.807) is 31.3 Å². The molecule has 1 aliphatic carbocycles. The summed E-state index contributed by atoms with van der Waals surface area (Å²) in [5.74, 6) is 0.957. The largest absolute Gasteiger partial charge is 0.493 e. The summed E-state index contributed by atoms with van der Waals surface area (Å²) < 4.78 is 16.2. The van der Waals surface area contributed by atoms with Crippen LogP contribution in [0.15, 0.2) is 71.3 Å². The number of nitrogens with zero attached hydrogens (tertiary/aromatic N) is 1. The lowest BCUT2D eigenvalue weighted by atomic mass is 10.0. The van der Waals surface area contributed by atoms with Crippen LogP contribution in [0.25, 0.3) is 0 Å². The van der Waals surface area contributed by atoms with Gasteiger partial charge in [-0.25, -0.2) is 0 Å². The summed E-state index contributed by atoms with van der Waals surface area (Å²) in [5, 5.41) is 3.19. The molecule has 1 heterocycles. The molecule has 1 aromatic heterocycles. The second kappa shape index (κ2) is 11.6. The molecular formula is C28H32N2O5. The van der Waals surface area contributed by atoms with Crippen molar-refractivity contribution in [3.63, 3.8) is 0 Å². The Balaban J connectivity index is 1.65. The number of hydrogen-bond donors (Lipinski definition) is 1. The van der Waals surface area contributed by atoms with E-state index in [1.165, 1.54) is 6.26 Å². The molecule has 1 aliphatic rings. The lowest BCUT2D eigenvalue weighted by Gasteiger charge is -2.32. The van der Waals surface area contributed by atoms with Gasteiger partial charge >= 0.3 is 0 Å². The van der Waals surface area contributed by atoms with Crippen LogP contribution in [0.1, 0.15) is 53.4 Å². The quantitative estimate of drug-likeness (QED) is 0.455. The third kappa shape index (κ3) is 5.85. The van der Waals surface area contributed by atoms with Crippen molar-refractivity contribution in [3.8, 4) is 11.5 Å². The normalized spacial score (nSPS) is 14.3. The SMILES string of the molecule is COc1ccc(CCN(C(=O)c2ccco2)[C@@H](C(=O)NC2CCCC2)c2ccccc2)cc1OC. The Morgan fingerprint density at radius 1 is 1.00 bits per heavy atom. The third-order valence-electron chi connectivity index (χ3n) is 6.46. The highest BCUT2D eigenvalue weighted by Crippen LogP contribution is 2.29. The summed E-state index contributed by atoms with van der Waals surface area (Å²) in [6.45, 7) is 0.312. The first-order chi connectivity index (χ1) is 17.1. The molecule has 0 radical (unpaired) electrons. The van der Waals surface area contributed by atoms with Crippen LogP contribution in [-0.4, -0.2) is 43.5 Å². The van der Waals surface area contributed by atoms with Gasteiger partial charge in [0, 0.05) is 12.6 Å². The first-order valence-corrected chi connectivity index (χ1v) is 12.0. The predicted molar refractivity (Wildman–Crippen MR) is 133 cm³/mol. The Morgan fingerprint density at radius 3 is 2.40 bits per heavy atom. The monoisotopic (exact) mass is 476 g/mol. The van der Waals surface area contributed by atoms with Crippen molar-refractivity contribution in [1.29, 1.82) is 0 Å². The van der Waals surface area contributed by atoms with Crippen LogP contribution in [0.2, 0.25) is 0 Å². The van der Waals surface area contributed by atoms with Gasteiger partial charge in [0.25, 0.3) is 5.91 Å². The van der Waals surface area contributed by atoms with Crippen LogP contribution in [0.4, 0.5) is 0 Å². The molecule has 2 aromatic carbocycles. The van der Waals surface area contributed by atoms with Crippen molar-refractivity contribution >= 4 is 11.8 Å². The Morgan fingerprint density at radius 2 is 1.74 bits per heavy atom. The molecule has 1 atom stereocenters. The summed E-state index contributed by atoms with van der Waals surface area (Å²) in [6, 6.07) is 17.8.